The SMILES string of the molecule is CCCNCC1CCC(CC)CC1c1cccc(Cl)c1. The number of hydrogen-bond donors (Lipinski definition) is 1. The van der Waals surface area contributed by atoms with Crippen LogP contribution in [0.1, 0.15) is 57.4 Å². The summed E-state index contributed by atoms with van der Waals surface area (Å²) in [4.78, 5) is 0. The maximum Gasteiger partial charge on any atom is 0.0408 e. The highest BCUT2D eigenvalue weighted by Crippen LogP contribution is 2.41. The van der Waals surface area contributed by atoms with Crippen LogP contribution < -0.4 is 5.32 Å². The van der Waals surface area contributed by atoms with Crippen LogP contribution in [0.25, 0.3) is 0 Å². The van der Waals surface area contributed by atoms with Gasteiger partial charge in [0, 0.05) is 5.02 Å². The third kappa shape index (κ3) is 4.23. The first-order valence-electron chi connectivity index (χ1n) is 8.20. The van der Waals surface area contributed by atoms with Crippen molar-refractivity contribution in [3.05, 3.63) is 34.9 Å². The molecule has 1 nitrogen and oxygen atoms in total. The summed E-state index contributed by atoms with van der Waals surface area (Å²) in [6.45, 7) is 6.85. The third-order valence-corrected chi connectivity index (χ3v) is 5.02. The minimum atomic E-state index is 0.678. The highest BCUT2D eigenvalue weighted by atomic mass is 35.5. The number of halogens is 1. The van der Waals surface area contributed by atoms with Gasteiger partial charge in [-0.05, 0) is 67.8 Å². The van der Waals surface area contributed by atoms with Gasteiger partial charge in [-0.1, -0.05) is 50.4 Å². The number of hydrogen-bond acceptors (Lipinski definition) is 1. The molecular formula is C18H28ClN. The fourth-order valence-electron chi connectivity index (χ4n) is 3.55. The maximum absolute atomic E-state index is 6.19. The maximum atomic E-state index is 6.19. The van der Waals surface area contributed by atoms with E-state index in [-0.39, 0.29) is 0 Å². The number of benzene rings is 1. The lowest BCUT2D eigenvalue weighted by molar-refractivity contribution is 0.226. The first-order valence-corrected chi connectivity index (χ1v) is 8.58. The van der Waals surface area contributed by atoms with E-state index in [1.54, 1.807) is 0 Å². The second-order valence-corrected chi connectivity index (χ2v) is 6.65. The fraction of sp³-hybridized carbons (Fsp3) is 0.667. The van der Waals surface area contributed by atoms with Gasteiger partial charge in [-0.15, -0.1) is 0 Å². The predicted octanol–water partition coefficient (Wildman–Crippen LogP) is 5.25. The van der Waals surface area contributed by atoms with E-state index in [1.165, 1.54) is 37.7 Å². The van der Waals surface area contributed by atoms with E-state index in [0.717, 1.165) is 29.9 Å². The van der Waals surface area contributed by atoms with Crippen LogP contribution in [-0.2, 0) is 0 Å². The molecule has 0 spiro atoms. The Morgan fingerprint density at radius 1 is 1.25 bits per heavy atom. The van der Waals surface area contributed by atoms with Gasteiger partial charge in [-0.3, -0.25) is 0 Å². The quantitative estimate of drug-likeness (QED) is 0.706. The highest BCUT2D eigenvalue weighted by molar-refractivity contribution is 6.30. The Bertz CT molecular complexity index is 402. The van der Waals surface area contributed by atoms with Gasteiger partial charge in [-0.25, -0.2) is 0 Å². The van der Waals surface area contributed by atoms with E-state index in [1.807, 2.05) is 6.07 Å². The molecule has 1 saturated carbocycles. The molecule has 0 bridgehead atoms. The lowest BCUT2D eigenvalue weighted by Crippen LogP contribution is -2.32. The van der Waals surface area contributed by atoms with E-state index >= 15 is 0 Å². The molecule has 0 amide bonds. The molecule has 1 aliphatic rings. The first kappa shape index (κ1) is 15.9. The van der Waals surface area contributed by atoms with Gasteiger partial charge < -0.3 is 5.32 Å². The molecular weight excluding hydrogens is 266 g/mol. The summed E-state index contributed by atoms with van der Waals surface area (Å²) in [5.74, 6) is 2.33. The average molecular weight is 294 g/mol. The minimum Gasteiger partial charge on any atom is -0.316 e. The Hall–Kier alpha value is -0.530. The second-order valence-electron chi connectivity index (χ2n) is 6.21. The molecule has 1 aliphatic carbocycles. The summed E-state index contributed by atoms with van der Waals surface area (Å²) < 4.78 is 0. The van der Waals surface area contributed by atoms with Gasteiger partial charge in [0.05, 0.1) is 0 Å². The average Bonchev–Trinajstić information content (AvgIpc) is 2.48. The molecule has 1 fully saturated rings. The molecule has 1 N–H and O–H groups in total. The van der Waals surface area contributed by atoms with Crippen LogP contribution in [0, 0.1) is 11.8 Å². The molecule has 0 heterocycles. The van der Waals surface area contributed by atoms with Gasteiger partial charge in [0.25, 0.3) is 0 Å². The Morgan fingerprint density at radius 2 is 2.10 bits per heavy atom. The van der Waals surface area contributed by atoms with Crippen molar-refractivity contribution in [1.29, 1.82) is 0 Å². The number of nitrogens with one attached hydrogen (secondary N) is 1. The normalized spacial score (nSPS) is 26.6. The minimum absolute atomic E-state index is 0.678. The van der Waals surface area contributed by atoms with E-state index in [0.29, 0.717) is 5.92 Å². The van der Waals surface area contributed by atoms with E-state index in [2.05, 4.69) is 37.4 Å². The summed E-state index contributed by atoms with van der Waals surface area (Å²) in [6, 6.07) is 8.53. The van der Waals surface area contributed by atoms with Gasteiger partial charge in [0.1, 0.15) is 0 Å². The fourth-order valence-corrected chi connectivity index (χ4v) is 3.74. The molecule has 0 radical (unpaired) electrons. The lowest BCUT2D eigenvalue weighted by Gasteiger charge is -2.36. The van der Waals surface area contributed by atoms with Crippen LogP contribution in [0.5, 0.6) is 0 Å². The van der Waals surface area contributed by atoms with Crippen molar-refractivity contribution in [2.75, 3.05) is 13.1 Å². The van der Waals surface area contributed by atoms with Crippen LogP contribution in [0.15, 0.2) is 24.3 Å². The Labute approximate surface area is 129 Å². The van der Waals surface area contributed by atoms with Crippen LogP contribution in [-0.4, -0.2) is 13.1 Å². The molecule has 2 rings (SSSR count). The van der Waals surface area contributed by atoms with E-state index in [9.17, 15) is 0 Å². The van der Waals surface area contributed by atoms with Gasteiger partial charge in [0.15, 0.2) is 0 Å². The Morgan fingerprint density at radius 3 is 2.80 bits per heavy atom. The Kier molecular flexibility index (Phi) is 6.38. The van der Waals surface area contributed by atoms with Gasteiger partial charge in [-0.2, -0.15) is 0 Å². The van der Waals surface area contributed by atoms with Gasteiger partial charge >= 0.3 is 0 Å². The molecule has 3 unspecified atom stereocenters. The number of rotatable bonds is 6. The summed E-state index contributed by atoms with van der Waals surface area (Å²) in [5.41, 5.74) is 1.44. The van der Waals surface area contributed by atoms with Crippen LogP contribution >= 0.6 is 11.6 Å². The van der Waals surface area contributed by atoms with E-state index in [4.69, 9.17) is 11.6 Å². The molecule has 0 aromatic heterocycles. The summed E-state index contributed by atoms with van der Waals surface area (Å²) in [6.07, 6.45) is 6.60. The zero-order chi connectivity index (χ0) is 14.4. The Balaban J connectivity index is 2.09. The summed E-state index contributed by atoms with van der Waals surface area (Å²) in [5, 5.41) is 4.50. The molecule has 3 atom stereocenters. The van der Waals surface area contributed by atoms with Crippen LogP contribution in [0.4, 0.5) is 0 Å². The van der Waals surface area contributed by atoms with Crippen molar-refractivity contribution in [2.24, 2.45) is 11.8 Å². The smallest absolute Gasteiger partial charge is 0.0408 e. The van der Waals surface area contributed by atoms with Gasteiger partial charge in [0.2, 0.25) is 0 Å². The molecule has 112 valence electrons. The van der Waals surface area contributed by atoms with Crippen molar-refractivity contribution >= 4 is 11.6 Å². The molecule has 2 heteroatoms. The first-order chi connectivity index (χ1) is 9.74. The summed E-state index contributed by atoms with van der Waals surface area (Å²) >= 11 is 6.19. The topological polar surface area (TPSA) is 12.0 Å². The van der Waals surface area contributed by atoms with Crippen molar-refractivity contribution in [3.63, 3.8) is 0 Å². The molecule has 0 aliphatic heterocycles. The zero-order valence-electron chi connectivity index (χ0n) is 12.9. The molecule has 1 aromatic carbocycles. The molecule has 0 saturated heterocycles. The second kappa shape index (κ2) is 8.05. The van der Waals surface area contributed by atoms with Crippen LogP contribution in [0.3, 0.4) is 0 Å². The molecule has 1 aromatic rings. The van der Waals surface area contributed by atoms with Crippen molar-refractivity contribution in [2.45, 2.75) is 51.9 Å². The summed E-state index contributed by atoms with van der Waals surface area (Å²) in [7, 11) is 0. The zero-order valence-corrected chi connectivity index (χ0v) is 13.6. The van der Waals surface area contributed by atoms with Crippen molar-refractivity contribution in [1.82, 2.24) is 5.32 Å². The van der Waals surface area contributed by atoms with Crippen molar-refractivity contribution < 1.29 is 0 Å². The highest BCUT2D eigenvalue weighted by Gasteiger charge is 2.30. The largest absolute Gasteiger partial charge is 0.316 e. The standard InChI is InChI=1S/C18H28ClN/c1-3-10-20-13-16-9-8-14(4-2)11-18(16)15-6-5-7-17(19)12-15/h5-7,12,14,16,18,20H,3-4,8-11,13H2,1-2H3. The molecule has 20 heavy (non-hydrogen) atoms. The predicted molar refractivity (Wildman–Crippen MR) is 88.5 cm³/mol. The monoisotopic (exact) mass is 293 g/mol. The van der Waals surface area contributed by atoms with E-state index < -0.39 is 0 Å². The lowest BCUT2D eigenvalue weighted by atomic mass is 9.70. The third-order valence-electron chi connectivity index (χ3n) is 4.79. The van der Waals surface area contributed by atoms with Crippen LogP contribution in [0.2, 0.25) is 5.02 Å². The van der Waals surface area contributed by atoms with Crippen molar-refractivity contribution in [3.8, 4) is 0 Å².